The minimum absolute atomic E-state index is 0.234. The van der Waals surface area contributed by atoms with E-state index in [0.717, 1.165) is 12.8 Å². The van der Waals surface area contributed by atoms with Crippen LogP contribution in [-0.4, -0.2) is 11.3 Å². The largest absolute Gasteiger partial charge is 0.345 e. The summed E-state index contributed by atoms with van der Waals surface area (Å²) in [5.74, 6) is 0. The smallest absolute Gasteiger partial charge is 0.266 e. The van der Waals surface area contributed by atoms with Gasteiger partial charge in [-0.25, -0.2) is 0 Å². The van der Waals surface area contributed by atoms with Crippen molar-refractivity contribution in [1.29, 1.82) is 0 Å². The Hall–Kier alpha value is -1.22. The second kappa shape index (κ2) is 5.19. The zero-order valence-corrected chi connectivity index (χ0v) is 11.3. The van der Waals surface area contributed by atoms with Gasteiger partial charge in [0.05, 0.1) is 0 Å². The van der Waals surface area contributed by atoms with Crippen molar-refractivity contribution >= 4 is 22.2 Å². The van der Waals surface area contributed by atoms with Gasteiger partial charge in [-0.2, -0.15) is 0 Å². The van der Waals surface area contributed by atoms with Crippen molar-refractivity contribution in [3.63, 3.8) is 0 Å². The predicted molar refractivity (Wildman–Crippen MR) is 78.1 cm³/mol. The van der Waals surface area contributed by atoms with Gasteiger partial charge in [0.2, 0.25) is 0 Å². The summed E-state index contributed by atoms with van der Waals surface area (Å²) >= 11 is 0. The Morgan fingerprint density at radius 3 is 2.78 bits per heavy atom. The highest BCUT2D eigenvalue weighted by Gasteiger charge is 2.23. The van der Waals surface area contributed by atoms with Gasteiger partial charge in [0.1, 0.15) is 0 Å². The molecule has 1 saturated carbocycles. The van der Waals surface area contributed by atoms with Gasteiger partial charge in [-0.05, 0) is 36.0 Å². The molecule has 1 N–H and O–H groups in total. The molecule has 0 radical (unpaired) electrons. The summed E-state index contributed by atoms with van der Waals surface area (Å²) in [7, 11) is -0.778. The lowest BCUT2D eigenvalue weighted by Gasteiger charge is -2.25. The molecule has 1 aromatic rings. The molecule has 1 heterocycles. The molecule has 2 nitrogen and oxygen atoms in total. The molecule has 2 aliphatic rings. The highest BCUT2D eigenvalue weighted by Crippen LogP contribution is 2.46. The van der Waals surface area contributed by atoms with E-state index in [1.165, 1.54) is 29.7 Å². The second-order valence-electron chi connectivity index (χ2n) is 5.03. The van der Waals surface area contributed by atoms with Crippen LogP contribution in [-0.2, 0) is 0 Å². The Bertz CT molecular complexity index is 477. The van der Waals surface area contributed by atoms with Crippen LogP contribution in [0.25, 0.3) is 6.08 Å². The number of carbonyl (C=O) groups is 1. The molecule has 1 fully saturated rings. The molecule has 1 amide bonds. The first-order valence-electron chi connectivity index (χ1n) is 6.71. The highest BCUT2D eigenvalue weighted by molar-refractivity contribution is 8.32. The summed E-state index contributed by atoms with van der Waals surface area (Å²) < 4.78 is 0. The third-order valence-corrected chi connectivity index (χ3v) is 5.69. The van der Waals surface area contributed by atoms with Crippen molar-refractivity contribution in [2.45, 2.75) is 43.0 Å². The number of benzene rings is 1. The maximum Gasteiger partial charge on any atom is 0.266 e. The highest BCUT2D eigenvalue weighted by atomic mass is 32.2. The van der Waals surface area contributed by atoms with Crippen molar-refractivity contribution in [3.05, 3.63) is 35.2 Å². The normalized spacial score (nSPS) is 24.8. The van der Waals surface area contributed by atoms with Crippen molar-refractivity contribution in [1.82, 2.24) is 5.32 Å². The van der Waals surface area contributed by atoms with Gasteiger partial charge in [0.25, 0.3) is 5.24 Å². The number of carbonyl (C=O) groups excluding carboxylic acids is 1. The molecule has 0 bridgehead atoms. The Kier molecular flexibility index (Phi) is 3.41. The van der Waals surface area contributed by atoms with E-state index in [2.05, 4.69) is 28.9 Å². The SMILES string of the molecule is O=C(NC1CCCCC1)[SH]1C=Cc2ccccc21. The molecule has 3 rings (SSSR count). The zero-order chi connectivity index (χ0) is 12.4. The van der Waals surface area contributed by atoms with Crippen LogP contribution in [0.2, 0.25) is 0 Å². The Balaban J connectivity index is 1.69. The molecule has 1 aliphatic carbocycles. The van der Waals surface area contributed by atoms with E-state index in [1.807, 2.05) is 12.1 Å². The maximum atomic E-state index is 12.3. The number of hydrogen-bond acceptors (Lipinski definition) is 1. The number of amides is 1. The van der Waals surface area contributed by atoms with Crippen LogP contribution in [0.15, 0.2) is 34.6 Å². The number of fused-ring (bicyclic) bond motifs is 1. The standard InChI is InChI=1S/C15H19NOS/c17-15(16-13-7-2-1-3-8-13)18-11-10-12-6-4-5-9-14(12)18/h4-6,9-11,13,18H,1-3,7-8H2,(H,16,17). The summed E-state index contributed by atoms with van der Waals surface area (Å²) in [5, 5.41) is 5.56. The average Bonchev–Trinajstić information content (AvgIpc) is 2.84. The molecule has 0 saturated heterocycles. The summed E-state index contributed by atoms with van der Waals surface area (Å²) in [6.45, 7) is 0. The van der Waals surface area contributed by atoms with Gasteiger partial charge >= 0.3 is 0 Å². The lowest BCUT2D eigenvalue weighted by molar-refractivity contribution is 0.253. The average molecular weight is 261 g/mol. The van der Waals surface area contributed by atoms with Crippen LogP contribution in [0.4, 0.5) is 4.79 Å². The maximum absolute atomic E-state index is 12.3. The van der Waals surface area contributed by atoms with Crippen molar-refractivity contribution < 1.29 is 4.79 Å². The van der Waals surface area contributed by atoms with E-state index in [0.29, 0.717) is 6.04 Å². The van der Waals surface area contributed by atoms with E-state index in [9.17, 15) is 4.79 Å². The molecular weight excluding hydrogens is 242 g/mol. The molecule has 0 aromatic heterocycles. The van der Waals surface area contributed by atoms with Crippen molar-refractivity contribution in [2.24, 2.45) is 0 Å². The topological polar surface area (TPSA) is 29.1 Å². The molecule has 96 valence electrons. The van der Waals surface area contributed by atoms with Crippen LogP contribution in [0, 0.1) is 0 Å². The minimum Gasteiger partial charge on any atom is -0.345 e. The fourth-order valence-corrected chi connectivity index (χ4v) is 4.57. The first kappa shape index (κ1) is 11.8. The van der Waals surface area contributed by atoms with Crippen LogP contribution >= 0.6 is 10.9 Å². The summed E-state index contributed by atoms with van der Waals surface area (Å²) in [4.78, 5) is 13.6. The van der Waals surface area contributed by atoms with Gasteiger partial charge in [-0.1, -0.05) is 37.5 Å². The monoisotopic (exact) mass is 261 g/mol. The second-order valence-corrected chi connectivity index (χ2v) is 6.96. The summed E-state index contributed by atoms with van der Waals surface area (Å²) in [5.41, 5.74) is 1.21. The summed E-state index contributed by atoms with van der Waals surface area (Å²) in [6, 6.07) is 8.63. The van der Waals surface area contributed by atoms with Crippen LogP contribution in [0.3, 0.4) is 0 Å². The number of hydrogen-bond donors (Lipinski definition) is 2. The Morgan fingerprint density at radius 1 is 1.17 bits per heavy atom. The van der Waals surface area contributed by atoms with Crippen molar-refractivity contribution in [3.8, 4) is 0 Å². The van der Waals surface area contributed by atoms with Gasteiger partial charge in [0.15, 0.2) is 0 Å². The molecule has 0 spiro atoms. The lowest BCUT2D eigenvalue weighted by Crippen LogP contribution is -2.34. The van der Waals surface area contributed by atoms with Crippen LogP contribution in [0.1, 0.15) is 37.7 Å². The first-order chi connectivity index (χ1) is 8.84. The van der Waals surface area contributed by atoms with Crippen molar-refractivity contribution in [2.75, 3.05) is 0 Å². The lowest BCUT2D eigenvalue weighted by atomic mass is 9.96. The molecule has 3 heteroatoms. The van der Waals surface area contributed by atoms with Gasteiger partial charge in [-0.3, -0.25) is 4.79 Å². The van der Waals surface area contributed by atoms with E-state index in [4.69, 9.17) is 0 Å². The van der Waals surface area contributed by atoms with E-state index >= 15 is 0 Å². The molecule has 18 heavy (non-hydrogen) atoms. The zero-order valence-electron chi connectivity index (χ0n) is 10.4. The molecule has 1 unspecified atom stereocenters. The molecule has 1 aliphatic heterocycles. The number of thiol groups is 1. The minimum atomic E-state index is -0.778. The first-order valence-corrected chi connectivity index (χ1v) is 8.12. The third kappa shape index (κ3) is 2.32. The predicted octanol–water partition coefficient (Wildman–Crippen LogP) is 4.07. The van der Waals surface area contributed by atoms with Crippen LogP contribution < -0.4 is 5.32 Å². The van der Waals surface area contributed by atoms with E-state index in [-0.39, 0.29) is 5.24 Å². The Labute approximate surface area is 111 Å². The number of rotatable bonds is 1. The summed E-state index contributed by atoms with van der Waals surface area (Å²) in [6.07, 6.45) is 8.23. The Morgan fingerprint density at radius 2 is 1.94 bits per heavy atom. The fourth-order valence-electron chi connectivity index (χ4n) is 2.75. The van der Waals surface area contributed by atoms with E-state index < -0.39 is 10.9 Å². The molecule has 1 atom stereocenters. The van der Waals surface area contributed by atoms with Gasteiger partial charge < -0.3 is 5.32 Å². The molecular formula is C15H19NOS. The van der Waals surface area contributed by atoms with Crippen LogP contribution in [0.5, 0.6) is 0 Å². The van der Waals surface area contributed by atoms with Gasteiger partial charge in [-0.15, -0.1) is 10.9 Å². The van der Waals surface area contributed by atoms with E-state index in [1.54, 1.807) is 0 Å². The van der Waals surface area contributed by atoms with Gasteiger partial charge in [0, 0.05) is 10.9 Å². The fraction of sp³-hybridized carbons (Fsp3) is 0.400. The quantitative estimate of drug-likeness (QED) is 0.733. The third-order valence-electron chi connectivity index (χ3n) is 3.75. The molecule has 1 aromatic carbocycles. The number of nitrogens with one attached hydrogen (secondary N) is 1.